The monoisotopic (exact) mass is 428 g/mol. The summed E-state index contributed by atoms with van der Waals surface area (Å²) in [5.41, 5.74) is 2.65. The Bertz CT molecular complexity index is 888. The number of rotatable bonds is 3. The molecular weight excluding hydrogens is 408 g/mol. The van der Waals surface area contributed by atoms with Gasteiger partial charge in [-0.3, -0.25) is 19.3 Å². The number of carbonyl (C=O) groups excluding carboxylic acids is 3. The van der Waals surface area contributed by atoms with E-state index in [1.807, 2.05) is 26.0 Å². The Morgan fingerprint density at radius 2 is 1.67 bits per heavy atom. The first-order valence-electron chi connectivity index (χ1n) is 9.47. The first kappa shape index (κ1) is 17.2. The van der Waals surface area contributed by atoms with Gasteiger partial charge >= 0.3 is 0 Å². The van der Waals surface area contributed by atoms with Crippen LogP contribution in [0.2, 0.25) is 0 Å². The second-order valence-electron chi connectivity index (χ2n) is 8.38. The van der Waals surface area contributed by atoms with Crippen molar-refractivity contribution in [2.24, 2.45) is 35.5 Å². The summed E-state index contributed by atoms with van der Waals surface area (Å²) in [5.74, 6) is 0.367. The maximum atomic E-state index is 12.9. The molecule has 1 heterocycles. The highest BCUT2D eigenvalue weighted by Crippen LogP contribution is 2.65. The first-order chi connectivity index (χ1) is 12.9. The smallest absolute Gasteiger partial charge is 0.244 e. The third-order valence-corrected chi connectivity index (χ3v) is 7.69. The van der Waals surface area contributed by atoms with Gasteiger partial charge < -0.3 is 5.32 Å². The van der Waals surface area contributed by atoms with Crippen molar-refractivity contribution in [2.75, 3.05) is 11.9 Å². The predicted octanol–water partition coefficient (Wildman–Crippen LogP) is 3.06. The van der Waals surface area contributed by atoms with Crippen LogP contribution >= 0.6 is 15.9 Å². The molecular formula is C21H21BrN2O3. The number of hydrogen-bond acceptors (Lipinski definition) is 3. The number of likely N-dealkylation sites (tertiary alicyclic amines) is 1. The van der Waals surface area contributed by atoms with E-state index in [1.54, 1.807) is 0 Å². The normalized spacial score (nSPS) is 35.3. The van der Waals surface area contributed by atoms with E-state index in [-0.39, 0.29) is 47.9 Å². The molecule has 1 aliphatic heterocycles. The third kappa shape index (κ3) is 2.45. The molecule has 5 nitrogen and oxygen atoms in total. The van der Waals surface area contributed by atoms with Crippen LogP contribution in [-0.4, -0.2) is 29.2 Å². The molecule has 27 heavy (non-hydrogen) atoms. The van der Waals surface area contributed by atoms with Gasteiger partial charge in [0.15, 0.2) is 0 Å². The quantitative estimate of drug-likeness (QED) is 0.594. The van der Waals surface area contributed by atoms with Gasteiger partial charge in [-0.15, -0.1) is 0 Å². The lowest BCUT2D eigenvalue weighted by Gasteiger charge is -2.37. The van der Waals surface area contributed by atoms with E-state index in [4.69, 9.17) is 0 Å². The summed E-state index contributed by atoms with van der Waals surface area (Å²) in [6, 6.07) is 3.84. The van der Waals surface area contributed by atoms with E-state index in [1.165, 1.54) is 4.90 Å². The maximum Gasteiger partial charge on any atom is 0.244 e. The summed E-state index contributed by atoms with van der Waals surface area (Å²) in [5, 5.41) is 2.86. The van der Waals surface area contributed by atoms with Gasteiger partial charge in [0.2, 0.25) is 17.7 Å². The number of amides is 3. The summed E-state index contributed by atoms with van der Waals surface area (Å²) in [7, 11) is 0. The van der Waals surface area contributed by atoms with Gasteiger partial charge in [-0.2, -0.15) is 0 Å². The van der Waals surface area contributed by atoms with Gasteiger partial charge in [-0.25, -0.2) is 0 Å². The Kier molecular flexibility index (Phi) is 3.67. The maximum absolute atomic E-state index is 12.9. The Balaban J connectivity index is 1.33. The number of imide groups is 1. The molecule has 1 N–H and O–H groups in total. The summed E-state index contributed by atoms with van der Waals surface area (Å²) in [4.78, 5) is 39.7. The number of nitrogens with zero attached hydrogens (tertiary/aromatic N) is 1. The van der Waals surface area contributed by atoms with Gasteiger partial charge in [0.05, 0.1) is 11.8 Å². The highest BCUT2D eigenvalue weighted by molar-refractivity contribution is 9.10. The number of hydrogen-bond donors (Lipinski definition) is 1. The van der Waals surface area contributed by atoms with E-state index in [9.17, 15) is 14.4 Å². The minimum atomic E-state index is -0.328. The second-order valence-corrected chi connectivity index (χ2v) is 9.24. The molecule has 4 aliphatic carbocycles. The Morgan fingerprint density at radius 1 is 1.07 bits per heavy atom. The van der Waals surface area contributed by atoms with Crippen molar-refractivity contribution < 1.29 is 14.4 Å². The Morgan fingerprint density at radius 3 is 2.26 bits per heavy atom. The molecule has 6 atom stereocenters. The van der Waals surface area contributed by atoms with Crippen LogP contribution in [0.25, 0.3) is 0 Å². The van der Waals surface area contributed by atoms with Crippen LogP contribution in [0.5, 0.6) is 0 Å². The van der Waals surface area contributed by atoms with Crippen LogP contribution in [0, 0.1) is 49.4 Å². The fraction of sp³-hybridized carbons (Fsp3) is 0.476. The zero-order chi connectivity index (χ0) is 19.0. The summed E-state index contributed by atoms with van der Waals surface area (Å²) in [6.07, 6.45) is 5.42. The van der Waals surface area contributed by atoms with Gasteiger partial charge in [0, 0.05) is 10.2 Å². The van der Waals surface area contributed by atoms with Crippen molar-refractivity contribution in [3.8, 4) is 0 Å². The lowest BCUT2D eigenvalue weighted by atomic mass is 9.63. The molecule has 3 fully saturated rings. The molecule has 5 aliphatic rings. The van der Waals surface area contributed by atoms with E-state index < -0.39 is 0 Å². The van der Waals surface area contributed by atoms with E-state index in [0.29, 0.717) is 17.5 Å². The highest BCUT2D eigenvalue weighted by Gasteiger charge is 2.67. The molecule has 6 heteroatoms. The van der Waals surface area contributed by atoms with Crippen LogP contribution in [0.3, 0.4) is 0 Å². The standard InChI is InChI=1S/C21H21BrN2O3/c1-9-6-16(10(2)5-15(9)22)23-17(25)8-24-20(26)18-11-3-4-12(14-7-13(11)14)19(18)21(24)27/h3-6,11-14,18-19H,7-8H2,1-2H3,(H,23,25)/t11-,12-,13-,14-,18-,19+/m0/s1. The van der Waals surface area contributed by atoms with Crippen molar-refractivity contribution in [1.82, 2.24) is 4.90 Å². The third-order valence-electron chi connectivity index (χ3n) is 6.84. The summed E-state index contributed by atoms with van der Waals surface area (Å²) < 4.78 is 0.980. The SMILES string of the molecule is Cc1cc(NC(=O)CN2C(=O)[C@@H]3[C@H]4C=C[C@@H]([C@@H]5C[C@@H]45)[C@@H]3C2=O)c(C)cc1Br. The van der Waals surface area contributed by atoms with Crippen molar-refractivity contribution in [2.45, 2.75) is 20.3 Å². The zero-order valence-corrected chi connectivity index (χ0v) is 16.8. The van der Waals surface area contributed by atoms with Crippen molar-refractivity contribution in [3.63, 3.8) is 0 Å². The number of carbonyl (C=O) groups is 3. The van der Waals surface area contributed by atoms with Crippen LogP contribution in [-0.2, 0) is 14.4 Å². The molecule has 6 rings (SSSR count). The van der Waals surface area contributed by atoms with Gasteiger partial charge in [0.25, 0.3) is 0 Å². The fourth-order valence-corrected chi connectivity index (χ4v) is 5.88. The van der Waals surface area contributed by atoms with E-state index in [2.05, 4.69) is 33.4 Å². The molecule has 0 aromatic heterocycles. The minimum absolute atomic E-state index is 0.159. The van der Waals surface area contributed by atoms with Crippen LogP contribution in [0.15, 0.2) is 28.8 Å². The molecule has 1 saturated heterocycles. The number of anilines is 1. The Labute approximate surface area is 166 Å². The van der Waals surface area contributed by atoms with Gasteiger partial charge in [0.1, 0.15) is 6.54 Å². The number of halogens is 1. The number of benzene rings is 1. The van der Waals surface area contributed by atoms with Crippen molar-refractivity contribution in [3.05, 3.63) is 39.9 Å². The molecule has 1 aromatic carbocycles. The average Bonchev–Trinajstić information content (AvgIpc) is 3.41. The predicted molar refractivity (Wildman–Crippen MR) is 104 cm³/mol. The minimum Gasteiger partial charge on any atom is -0.324 e. The van der Waals surface area contributed by atoms with E-state index in [0.717, 1.165) is 22.0 Å². The zero-order valence-electron chi connectivity index (χ0n) is 15.2. The number of nitrogens with one attached hydrogen (secondary N) is 1. The fourth-order valence-electron chi connectivity index (χ4n) is 5.42. The molecule has 140 valence electrons. The second kappa shape index (κ2) is 5.77. The number of aryl methyl sites for hydroxylation is 2. The lowest BCUT2D eigenvalue weighted by molar-refractivity contribution is -0.142. The first-order valence-corrected chi connectivity index (χ1v) is 10.3. The Hall–Kier alpha value is -1.95. The van der Waals surface area contributed by atoms with Crippen LogP contribution < -0.4 is 5.32 Å². The van der Waals surface area contributed by atoms with Gasteiger partial charge in [-0.1, -0.05) is 28.1 Å². The highest BCUT2D eigenvalue weighted by atomic mass is 79.9. The van der Waals surface area contributed by atoms with Gasteiger partial charge in [-0.05, 0) is 67.2 Å². The van der Waals surface area contributed by atoms with Crippen molar-refractivity contribution in [1.29, 1.82) is 0 Å². The average molecular weight is 429 g/mol. The van der Waals surface area contributed by atoms with E-state index >= 15 is 0 Å². The molecule has 2 bridgehead atoms. The summed E-state index contributed by atoms with van der Waals surface area (Å²) in [6.45, 7) is 3.66. The summed E-state index contributed by atoms with van der Waals surface area (Å²) >= 11 is 3.48. The topological polar surface area (TPSA) is 66.5 Å². The molecule has 1 aromatic rings. The molecule has 0 radical (unpaired) electrons. The molecule has 0 unspecified atom stereocenters. The van der Waals surface area contributed by atoms with Crippen LogP contribution in [0.4, 0.5) is 5.69 Å². The number of allylic oxidation sites excluding steroid dienone is 2. The largest absolute Gasteiger partial charge is 0.324 e. The molecule has 2 saturated carbocycles. The van der Waals surface area contributed by atoms with Crippen molar-refractivity contribution >= 4 is 39.3 Å². The van der Waals surface area contributed by atoms with Crippen LogP contribution in [0.1, 0.15) is 17.5 Å². The molecule has 0 spiro atoms. The molecule has 3 amide bonds. The lowest BCUT2D eigenvalue weighted by Crippen LogP contribution is -2.40.